The molecule has 1 aromatic carbocycles. The summed E-state index contributed by atoms with van der Waals surface area (Å²) in [6.07, 6.45) is 8.02. The van der Waals surface area contributed by atoms with Gasteiger partial charge in [0, 0.05) is 54.7 Å². The maximum absolute atomic E-state index is 12.3. The Morgan fingerprint density at radius 2 is 1.86 bits per heavy atom. The summed E-state index contributed by atoms with van der Waals surface area (Å²) in [6.45, 7) is 2.41. The second-order valence-electron chi connectivity index (χ2n) is 7.67. The smallest absolute Gasteiger partial charge is 0.226 e. The first-order chi connectivity index (χ1) is 13.7. The molecule has 5 nitrogen and oxygen atoms in total. The van der Waals surface area contributed by atoms with E-state index in [4.69, 9.17) is 11.6 Å². The molecule has 2 aliphatic rings. The Bertz CT molecular complexity index is 1050. The molecule has 0 atom stereocenters. The van der Waals surface area contributed by atoms with Crippen LogP contribution < -0.4 is 10.2 Å². The number of carbonyl (C=O) groups excluding carboxylic acids is 1. The minimum Gasteiger partial charge on any atom is -0.370 e. The van der Waals surface area contributed by atoms with E-state index in [2.05, 4.69) is 38.4 Å². The number of rotatable bonds is 2. The van der Waals surface area contributed by atoms with E-state index in [1.165, 1.54) is 0 Å². The topological polar surface area (TPSA) is 58.1 Å². The van der Waals surface area contributed by atoms with Gasteiger partial charge in [-0.15, -0.1) is 0 Å². The lowest BCUT2D eigenvalue weighted by atomic mass is 9.77. The maximum atomic E-state index is 12.3. The number of carbonyl (C=O) groups is 1. The second-order valence-corrected chi connectivity index (χ2v) is 8.08. The second kappa shape index (κ2) is 6.74. The highest BCUT2D eigenvalue weighted by atomic mass is 35.5. The van der Waals surface area contributed by atoms with Crippen LogP contribution >= 0.6 is 11.6 Å². The van der Waals surface area contributed by atoms with Crippen LogP contribution in [-0.4, -0.2) is 35.5 Å². The summed E-state index contributed by atoms with van der Waals surface area (Å²) in [7, 11) is 0. The summed E-state index contributed by atoms with van der Waals surface area (Å²) in [4.78, 5) is 23.6. The number of aromatic nitrogens is 2. The summed E-state index contributed by atoms with van der Waals surface area (Å²) in [5.41, 5.74) is 3.75. The average Bonchev–Trinajstić information content (AvgIpc) is 3.08. The molecule has 0 radical (unpaired) electrons. The SMILES string of the molecule is O=C1NCCC12CCN(c1c(Cl)cncc1-c1cccc3cccnc13)CC2. The van der Waals surface area contributed by atoms with Gasteiger partial charge < -0.3 is 10.2 Å². The van der Waals surface area contributed by atoms with Gasteiger partial charge in [0.05, 0.1) is 21.6 Å². The summed E-state index contributed by atoms with van der Waals surface area (Å²) in [5, 5.41) is 4.73. The van der Waals surface area contributed by atoms with Gasteiger partial charge in [-0.05, 0) is 25.3 Å². The highest BCUT2D eigenvalue weighted by Gasteiger charge is 2.44. The van der Waals surface area contributed by atoms with Crippen molar-refractivity contribution < 1.29 is 4.79 Å². The quantitative estimate of drug-likeness (QED) is 0.714. The standard InChI is InChI=1S/C22H21ClN4O/c23-18-14-24-13-17(16-5-1-3-15-4-2-9-25-19(15)16)20(18)27-11-7-22(8-12-27)6-10-26-21(22)28/h1-5,9,13-14H,6-8,10-12H2,(H,26,28). The van der Waals surface area contributed by atoms with Gasteiger partial charge >= 0.3 is 0 Å². The van der Waals surface area contributed by atoms with Crippen molar-refractivity contribution in [3.05, 3.63) is 53.9 Å². The Labute approximate surface area is 168 Å². The Morgan fingerprint density at radius 3 is 2.64 bits per heavy atom. The van der Waals surface area contributed by atoms with Crippen LogP contribution in [-0.2, 0) is 4.79 Å². The molecule has 142 valence electrons. The molecule has 2 saturated heterocycles. The Morgan fingerprint density at radius 1 is 1.04 bits per heavy atom. The first-order valence-corrected chi connectivity index (χ1v) is 10.1. The molecule has 0 saturated carbocycles. The summed E-state index contributed by atoms with van der Waals surface area (Å²) < 4.78 is 0. The third-order valence-electron chi connectivity index (χ3n) is 6.20. The fourth-order valence-electron chi connectivity index (χ4n) is 4.62. The molecule has 2 fully saturated rings. The number of benzene rings is 1. The maximum Gasteiger partial charge on any atom is 0.226 e. The van der Waals surface area contributed by atoms with E-state index in [1.54, 1.807) is 6.20 Å². The van der Waals surface area contributed by atoms with E-state index in [1.807, 2.05) is 24.5 Å². The van der Waals surface area contributed by atoms with Crippen LogP contribution in [0.15, 0.2) is 48.9 Å². The number of halogens is 1. The van der Waals surface area contributed by atoms with Crippen molar-refractivity contribution in [1.29, 1.82) is 0 Å². The number of nitrogens with one attached hydrogen (secondary N) is 1. The molecule has 1 N–H and O–H groups in total. The summed E-state index contributed by atoms with van der Waals surface area (Å²) >= 11 is 6.64. The molecule has 2 aliphatic heterocycles. The van der Waals surface area contributed by atoms with Crippen molar-refractivity contribution in [3.8, 4) is 11.1 Å². The molecule has 0 unspecified atom stereocenters. The molecule has 1 amide bonds. The van der Waals surface area contributed by atoms with E-state index in [0.717, 1.165) is 66.6 Å². The highest BCUT2D eigenvalue weighted by molar-refractivity contribution is 6.34. The number of hydrogen-bond acceptors (Lipinski definition) is 4. The van der Waals surface area contributed by atoms with Crippen molar-refractivity contribution in [2.75, 3.05) is 24.5 Å². The molecule has 3 aromatic rings. The van der Waals surface area contributed by atoms with E-state index in [0.29, 0.717) is 5.02 Å². The van der Waals surface area contributed by atoms with E-state index in [-0.39, 0.29) is 11.3 Å². The van der Waals surface area contributed by atoms with Crippen molar-refractivity contribution in [2.24, 2.45) is 5.41 Å². The highest BCUT2D eigenvalue weighted by Crippen LogP contribution is 2.44. The molecule has 28 heavy (non-hydrogen) atoms. The van der Waals surface area contributed by atoms with Gasteiger partial charge in [0.2, 0.25) is 5.91 Å². The van der Waals surface area contributed by atoms with Crippen LogP contribution in [0.3, 0.4) is 0 Å². The van der Waals surface area contributed by atoms with E-state index >= 15 is 0 Å². The normalized spacial score (nSPS) is 18.6. The fourth-order valence-corrected chi connectivity index (χ4v) is 4.90. The van der Waals surface area contributed by atoms with Gasteiger partial charge in [0.1, 0.15) is 0 Å². The van der Waals surface area contributed by atoms with Gasteiger partial charge in [-0.1, -0.05) is 35.9 Å². The van der Waals surface area contributed by atoms with Crippen molar-refractivity contribution in [3.63, 3.8) is 0 Å². The van der Waals surface area contributed by atoms with Gasteiger partial charge in [0.25, 0.3) is 0 Å². The Hall–Kier alpha value is -2.66. The molecular formula is C22H21ClN4O. The number of amides is 1. The third-order valence-corrected chi connectivity index (χ3v) is 6.48. The van der Waals surface area contributed by atoms with E-state index < -0.39 is 0 Å². The zero-order valence-electron chi connectivity index (χ0n) is 15.5. The third kappa shape index (κ3) is 2.73. The zero-order valence-corrected chi connectivity index (χ0v) is 16.2. The van der Waals surface area contributed by atoms with Gasteiger partial charge in [0.15, 0.2) is 0 Å². The predicted octanol–water partition coefficient (Wildman–Crippen LogP) is 4.06. The average molecular weight is 393 g/mol. The van der Waals surface area contributed by atoms with Crippen LogP contribution in [0.4, 0.5) is 5.69 Å². The van der Waals surface area contributed by atoms with Crippen molar-refractivity contribution in [2.45, 2.75) is 19.3 Å². The molecular weight excluding hydrogens is 372 g/mol. The molecule has 5 rings (SSSR count). The first-order valence-electron chi connectivity index (χ1n) is 9.69. The Balaban J connectivity index is 1.56. The van der Waals surface area contributed by atoms with Crippen LogP contribution in [0.25, 0.3) is 22.0 Å². The number of hydrogen-bond donors (Lipinski definition) is 1. The summed E-state index contributed by atoms with van der Waals surface area (Å²) in [5.74, 6) is 0.214. The fraction of sp³-hybridized carbons (Fsp3) is 0.318. The molecule has 6 heteroatoms. The van der Waals surface area contributed by atoms with Crippen LogP contribution in [0.1, 0.15) is 19.3 Å². The van der Waals surface area contributed by atoms with E-state index in [9.17, 15) is 4.79 Å². The summed E-state index contributed by atoms with van der Waals surface area (Å²) in [6, 6.07) is 10.2. The lowest BCUT2D eigenvalue weighted by molar-refractivity contribution is -0.128. The molecule has 4 heterocycles. The molecule has 0 bridgehead atoms. The van der Waals surface area contributed by atoms with Gasteiger partial charge in [-0.2, -0.15) is 0 Å². The number of nitrogens with zero attached hydrogens (tertiary/aromatic N) is 3. The Kier molecular flexibility index (Phi) is 4.20. The van der Waals surface area contributed by atoms with Crippen LogP contribution in [0, 0.1) is 5.41 Å². The lowest BCUT2D eigenvalue weighted by Crippen LogP contribution is -2.44. The number of para-hydroxylation sites is 1. The minimum absolute atomic E-state index is 0.197. The monoisotopic (exact) mass is 392 g/mol. The van der Waals surface area contributed by atoms with Crippen LogP contribution in [0.5, 0.6) is 0 Å². The first kappa shape index (κ1) is 17.4. The number of pyridine rings is 2. The zero-order chi connectivity index (χ0) is 19.1. The van der Waals surface area contributed by atoms with Gasteiger partial charge in [-0.25, -0.2) is 0 Å². The van der Waals surface area contributed by atoms with Crippen LogP contribution in [0.2, 0.25) is 5.02 Å². The number of fused-ring (bicyclic) bond motifs is 1. The number of anilines is 1. The predicted molar refractivity (Wildman–Crippen MR) is 111 cm³/mol. The van der Waals surface area contributed by atoms with Gasteiger partial charge in [-0.3, -0.25) is 14.8 Å². The van der Waals surface area contributed by atoms with Crippen molar-refractivity contribution >= 4 is 34.1 Å². The largest absolute Gasteiger partial charge is 0.370 e. The van der Waals surface area contributed by atoms with Crippen molar-refractivity contribution in [1.82, 2.24) is 15.3 Å². The minimum atomic E-state index is -0.197. The molecule has 1 spiro atoms. The molecule has 2 aromatic heterocycles. The number of piperidine rings is 1. The lowest BCUT2D eigenvalue weighted by Gasteiger charge is -2.39. The molecule has 0 aliphatic carbocycles.